The number of nitrogens with zero attached hydrogens (tertiary/aromatic N) is 2. The Morgan fingerprint density at radius 1 is 1.12 bits per heavy atom. The third kappa shape index (κ3) is 4.10. The van der Waals surface area contributed by atoms with Crippen LogP contribution < -0.4 is 5.76 Å². The van der Waals surface area contributed by atoms with E-state index < -0.39 is 5.76 Å². The molecule has 0 bridgehead atoms. The Hall–Kier alpha value is -2.57. The van der Waals surface area contributed by atoms with E-state index in [0.29, 0.717) is 49.6 Å². The second-order valence-electron chi connectivity index (χ2n) is 6.88. The second kappa shape index (κ2) is 7.13. The summed E-state index contributed by atoms with van der Waals surface area (Å²) in [4.78, 5) is 42.0. The Kier molecular flexibility index (Phi) is 4.92. The highest BCUT2D eigenvalue weighted by molar-refractivity contribution is 5.82. The highest BCUT2D eigenvalue weighted by Crippen LogP contribution is 2.14. The van der Waals surface area contributed by atoms with E-state index in [-0.39, 0.29) is 18.2 Å². The number of rotatable bonds is 4. The number of oxazole rings is 1. The minimum absolute atomic E-state index is 0.0288. The predicted octanol–water partition coefficient (Wildman–Crippen LogP) is 1.38. The normalized spacial score (nSPS) is 15.2. The number of benzene rings is 1. The van der Waals surface area contributed by atoms with E-state index in [1.165, 1.54) is 0 Å². The van der Waals surface area contributed by atoms with Crippen LogP contribution >= 0.6 is 0 Å². The lowest BCUT2D eigenvalue weighted by Gasteiger charge is -2.35. The molecule has 7 heteroatoms. The van der Waals surface area contributed by atoms with Crippen LogP contribution in [0.15, 0.2) is 27.4 Å². The number of hydrogen-bond acceptors (Lipinski definition) is 4. The molecule has 134 valence electrons. The van der Waals surface area contributed by atoms with Gasteiger partial charge in [-0.2, -0.15) is 0 Å². The number of amides is 2. The molecule has 2 aromatic rings. The zero-order chi connectivity index (χ0) is 18.0. The van der Waals surface area contributed by atoms with Gasteiger partial charge >= 0.3 is 5.76 Å². The van der Waals surface area contributed by atoms with Gasteiger partial charge in [-0.25, -0.2) is 4.79 Å². The first kappa shape index (κ1) is 17.3. The first-order valence-electron chi connectivity index (χ1n) is 8.59. The smallest absolute Gasteiger partial charge is 0.408 e. The molecule has 3 rings (SSSR count). The highest BCUT2D eigenvalue weighted by Gasteiger charge is 2.24. The molecule has 0 spiro atoms. The van der Waals surface area contributed by atoms with Crippen molar-refractivity contribution < 1.29 is 14.0 Å². The van der Waals surface area contributed by atoms with Crippen LogP contribution in [0.4, 0.5) is 0 Å². The average molecular weight is 345 g/mol. The van der Waals surface area contributed by atoms with E-state index in [0.717, 1.165) is 5.56 Å². The average Bonchev–Trinajstić information content (AvgIpc) is 2.93. The molecular weight excluding hydrogens is 322 g/mol. The van der Waals surface area contributed by atoms with Gasteiger partial charge in [0.05, 0.1) is 11.9 Å². The van der Waals surface area contributed by atoms with Crippen LogP contribution in [0.1, 0.15) is 25.8 Å². The van der Waals surface area contributed by atoms with E-state index in [9.17, 15) is 14.4 Å². The molecule has 1 saturated heterocycles. The molecule has 1 aromatic heterocycles. The van der Waals surface area contributed by atoms with Gasteiger partial charge in [-0.05, 0) is 23.6 Å². The molecule has 0 saturated carbocycles. The highest BCUT2D eigenvalue weighted by atomic mass is 16.4. The van der Waals surface area contributed by atoms with Crippen molar-refractivity contribution >= 4 is 22.9 Å². The van der Waals surface area contributed by atoms with Crippen molar-refractivity contribution in [2.24, 2.45) is 5.92 Å². The van der Waals surface area contributed by atoms with E-state index in [4.69, 9.17) is 4.42 Å². The van der Waals surface area contributed by atoms with Crippen molar-refractivity contribution in [1.29, 1.82) is 0 Å². The monoisotopic (exact) mass is 345 g/mol. The van der Waals surface area contributed by atoms with Crippen molar-refractivity contribution in [3.63, 3.8) is 0 Å². The van der Waals surface area contributed by atoms with Crippen molar-refractivity contribution in [3.05, 3.63) is 34.3 Å². The zero-order valence-electron chi connectivity index (χ0n) is 14.6. The first-order chi connectivity index (χ1) is 11.9. The maximum Gasteiger partial charge on any atom is 0.417 e. The summed E-state index contributed by atoms with van der Waals surface area (Å²) in [5.41, 5.74) is 1.91. The molecule has 2 heterocycles. The third-order valence-electron chi connectivity index (χ3n) is 4.41. The van der Waals surface area contributed by atoms with Gasteiger partial charge in [0.25, 0.3) is 0 Å². The zero-order valence-corrected chi connectivity index (χ0v) is 14.6. The topological polar surface area (TPSA) is 86.6 Å². The largest absolute Gasteiger partial charge is 0.417 e. The number of hydrogen-bond donors (Lipinski definition) is 1. The second-order valence-corrected chi connectivity index (χ2v) is 6.88. The molecule has 0 atom stereocenters. The SMILES string of the molecule is CC(C)CC(=O)N1CCN(C(=O)Cc2ccc3oc(=O)[nH]c3c2)CC1. The molecule has 1 fully saturated rings. The summed E-state index contributed by atoms with van der Waals surface area (Å²) in [5, 5.41) is 0. The third-order valence-corrected chi connectivity index (χ3v) is 4.41. The van der Waals surface area contributed by atoms with E-state index in [1.54, 1.807) is 23.1 Å². The fourth-order valence-corrected chi connectivity index (χ4v) is 3.08. The van der Waals surface area contributed by atoms with Gasteiger partial charge in [0.15, 0.2) is 5.58 Å². The summed E-state index contributed by atoms with van der Waals surface area (Å²) in [6.07, 6.45) is 0.819. The number of H-pyrrole nitrogens is 1. The summed E-state index contributed by atoms with van der Waals surface area (Å²) in [6, 6.07) is 5.25. The van der Waals surface area contributed by atoms with E-state index >= 15 is 0 Å². The van der Waals surface area contributed by atoms with Crippen LogP contribution in [-0.2, 0) is 16.0 Å². The Morgan fingerprint density at radius 2 is 1.76 bits per heavy atom. The van der Waals surface area contributed by atoms with Crippen LogP contribution in [0.2, 0.25) is 0 Å². The maximum atomic E-state index is 12.5. The molecule has 0 unspecified atom stereocenters. The quantitative estimate of drug-likeness (QED) is 0.907. The van der Waals surface area contributed by atoms with Gasteiger partial charge in [0, 0.05) is 32.6 Å². The Labute approximate surface area is 145 Å². The first-order valence-corrected chi connectivity index (χ1v) is 8.59. The number of carbonyl (C=O) groups is 2. The summed E-state index contributed by atoms with van der Waals surface area (Å²) < 4.78 is 4.96. The Bertz CT molecular complexity index is 828. The minimum atomic E-state index is -0.499. The predicted molar refractivity (Wildman–Crippen MR) is 93.2 cm³/mol. The maximum absolute atomic E-state index is 12.5. The lowest BCUT2D eigenvalue weighted by molar-refractivity contribution is -0.139. The molecule has 2 amide bonds. The summed E-state index contributed by atoms with van der Waals surface area (Å²) in [6.45, 7) is 6.36. The van der Waals surface area contributed by atoms with Crippen LogP contribution in [0.5, 0.6) is 0 Å². The fraction of sp³-hybridized carbons (Fsp3) is 0.500. The molecule has 1 N–H and O–H groups in total. The van der Waals surface area contributed by atoms with Crippen molar-refractivity contribution in [2.45, 2.75) is 26.7 Å². The summed E-state index contributed by atoms with van der Waals surface area (Å²) in [7, 11) is 0. The number of fused-ring (bicyclic) bond motifs is 1. The molecule has 25 heavy (non-hydrogen) atoms. The number of aromatic amines is 1. The van der Waals surface area contributed by atoms with Crippen molar-refractivity contribution in [2.75, 3.05) is 26.2 Å². The number of aromatic nitrogens is 1. The Morgan fingerprint density at radius 3 is 2.40 bits per heavy atom. The molecule has 1 aliphatic rings. The molecule has 1 aliphatic heterocycles. The lowest BCUT2D eigenvalue weighted by Crippen LogP contribution is -2.51. The van der Waals surface area contributed by atoms with Gasteiger partial charge in [-0.15, -0.1) is 0 Å². The molecule has 0 aliphatic carbocycles. The van der Waals surface area contributed by atoms with Crippen LogP contribution in [0.25, 0.3) is 11.1 Å². The van der Waals surface area contributed by atoms with Gasteiger partial charge < -0.3 is 14.2 Å². The van der Waals surface area contributed by atoms with Gasteiger partial charge in [0.2, 0.25) is 11.8 Å². The van der Waals surface area contributed by atoms with Crippen LogP contribution in [0, 0.1) is 5.92 Å². The van der Waals surface area contributed by atoms with Gasteiger partial charge in [-0.1, -0.05) is 19.9 Å². The molecule has 7 nitrogen and oxygen atoms in total. The summed E-state index contributed by atoms with van der Waals surface area (Å²) in [5.74, 6) is 0.0368. The summed E-state index contributed by atoms with van der Waals surface area (Å²) >= 11 is 0. The molecule has 0 radical (unpaired) electrons. The number of carbonyl (C=O) groups excluding carboxylic acids is 2. The van der Waals surface area contributed by atoms with Gasteiger partial charge in [-0.3, -0.25) is 14.6 Å². The lowest BCUT2D eigenvalue weighted by atomic mass is 10.1. The van der Waals surface area contributed by atoms with E-state index in [2.05, 4.69) is 4.98 Å². The van der Waals surface area contributed by atoms with Crippen LogP contribution in [-0.4, -0.2) is 52.8 Å². The van der Waals surface area contributed by atoms with Gasteiger partial charge in [0.1, 0.15) is 0 Å². The van der Waals surface area contributed by atoms with Crippen molar-refractivity contribution in [1.82, 2.24) is 14.8 Å². The standard InChI is InChI=1S/C18H23N3O4/c1-12(2)9-16(22)20-5-7-21(8-6-20)17(23)11-13-3-4-15-14(10-13)19-18(24)25-15/h3-4,10,12H,5-9,11H2,1-2H3,(H,19,24). The number of piperazine rings is 1. The van der Waals surface area contributed by atoms with E-state index in [1.807, 2.05) is 18.7 Å². The molecule has 1 aromatic carbocycles. The van der Waals surface area contributed by atoms with Crippen LogP contribution in [0.3, 0.4) is 0 Å². The Balaban J connectivity index is 1.57. The molecular formula is C18H23N3O4. The van der Waals surface area contributed by atoms with Crippen molar-refractivity contribution in [3.8, 4) is 0 Å². The minimum Gasteiger partial charge on any atom is -0.408 e. The fourth-order valence-electron chi connectivity index (χ4n) is 3.08. The number of nitrogens with one attached hydrogen (secondary N) is 1.